The second-order valence-corrected chi connectivity index (χ2v) is 4.63. The van der Waals surface area contributed by atoms with Gasteiger partial charge in [0, 0.05) is 16.7 Å². The lowest BCUT2D eigenvalue weighted by Gasteiger charge is -2.02. The number of carboxylic acids is 1. The lowest BCUT2D eigenvalue weighted by Crippen LogP contribution is -2.12. The third-order valence-corrected chi connectivity index (χ3v) is 3.00. The van der Waals surface area contributed by atoms with Gasteiger partial charge in [-0.2, -0.15) is 5.10 Å². The molecule has 0 aliphatic heterocycles. The Balaban J connectivity index is 1.91. The van der Waals surface area contributed by atoms with Gasteiger partial charge in [-0.3, -0.25) is 9.89 Å². The maximum absolute atomic E-state index is 12.1. The third kappa shape index (κ3) is 2.46. The number of rotatable bonds is 3. The molecular weight excluding hydrogens is 298 g/mol. The Morgan fingerprint density at radius 1 is 1.33 bits per heavy atom. The number of halogens is 1. The second-order valence-electron chi connectivity index (χ2n) is 4.20. The number of carboxylic acid groups (broad SMARTS) is 1. The van der Waals surface area contributed by atoms with Crippen molar-refractivity contribution < 1.29 is 19.1 Å². The van der Waals surface area contributed by atoms with Crippen LogP contribution in [0.3, 0.4) is 0 Å². The molecule has 0 bridgehead atoms. The highest BCUT2D eigenvalue weighted by Crippen LogP contribution is 2.24. The Morgan fingerprint density at radius 2 is 2.14 bits per heavy atom. The van der Waals surface area contributed by atoms with E-state index < -0.39 is 11.9 Å². The van der Waals surface area contributed by atoms with Crippen molar-refractivity contribution in [3.8, 4) is 0 Å². The van der Waals surface area contributed by atoms with Crippen LogP contribution in [0.25, 0.3) is 11.1 Å². The molecule has 0 atom stereocenters. The topological polar surface area (TPSA) is 108 Å². The van der Waals surface area contributed by atoms with Crippen molar-refractivity contribution >= 4 is 40.4 Å². The van der Waals surface area contributed by atoms with Crippen LogP contribution in [0.1, 0.15) is 20.9 Å². The average Bonchev–Trinajstić information content (AvgIpc) is 3.01. The van der Waals surface area contributed by atoms with Gasteiger partial charge in [-0.1, -0.05) is 17.7 Å². The summed E-state index contributed by atoms with van der Waals surface area (Å²) in [4.78, 5) is 22.9. The number of fused-ring (bicyclic) bond motifs is 1. The summed E-state index contributed by atoms with van der Waals surface area (Å²) >= 11 is 5.82. The van der Waals surface area contributed by atoms with Crippen molar-refractivity contribution in [2.75, 3.05) is 5.32 Å². The zero-order valence-electron chi connectivity index (χ0n) is 10.4. The molecule has 7 nitrogen and oxygen atoms in total. The average molecular weight is 306 g/mol. The normalized spacial score (nSPS) is 10.7. The number of carbonyl (C=O) groups excluding carboxylic acids is 1. The number of hydrogen-bond acceptors (Lipinski definition) is 4. The maximum Gasteiger partial charge on any atom is 0.371 e. The zero-order valence-corrected chi connectivity index (χ0v) is 11.1. The number of amides is 1. The number of benzene rings is 1. The highest BCUT2D eigenvalue weighted by atomic mass is 35.5. The summed E-state index contributed by atoms with van der Waals surface area (Å²) in [5.41, 5.74) is 0.903. The van der Waals surface area contributed by atoms with Crippen LogP contribution in [0.5, 0.6) is 0 Å². The fraction of sp³-hybridized carbons (Fsp3) is 0. The molecule has 1 aromatic carbocycles. The van der Waals surface area contributed by atoms with Gasteiger partial charge < -0.3 is 14.8 Å². The van der Waals surface area contributed by atoms with E-state index in [0.717, 1.165) is 0 Å². The number of hydrogen-bond donors (Lipinski definition) is 3. The van der Waals surface area contributed by atoms with Gasteiger partial charge in [0.05, 0.1) is 0 Å². The third-order valence-electron chi connectivity index (χ3n) is 2.76. The molecule has 0 radical (unpaired) electrons. The quantitative estimate of drug-likeness (QED) is 0.689. The van der Waals surface area contributed by atoms with Crippen LogP contribution < -0.4 is 5.32 Å². The number of furan rings is 1. The van der Waals surface area contributed by atoms with Crippen molar-refractivity contribution in [1.29, 1.82) is 0 Å². The SMILES string of the molecule is O=C(Nc1n[nH]c2cc(C(=O)O)oc12)c1cccc(Cl)c1. The fourth-order valence-corrected chi connectivity index (χ4v) is 2.01. The van der Waals surface area contributed by atoms with Gasteiger partial charge in [-0.25, -0.2) is 4.79 Å². The standard InChI is InChI=1S/C13H8ClN3O4/c14-7-3-1-2-6(4-7)12(18)15-11-10-8(16-17-11)5-9(21-10)13(19)20/h1-5H,(H,19,20)(H2,15,16,17,18). The molecular formula is C13H8ClN3O4. The van der Waals surface area contributed by atoms with E-state index in [1.807, 2.05) is 0 Å². The Labute approximate surface area is 122 Å². The van der Waals surface area contributed by atoms with Crippen LogP contribution in [-0.2, 0) is 0 Å². The predicted molar refractivity (Wildman–Crippen MR) is 74.7 cm³/mol. The Morgan fingerprint density at radius 3 is 2.86 bits per heavy atom. The first-order valence-electron chi connectivity index (χ1n) is 5.83. The van der Waals surface area contributed by atoms with Crippen molar-refractivity contribution in [3.63, 3.8) is 0 Å². The number of carbonyl (C=O) groups is 2. The van der Waals surface area contributed by atoms with Crippen LogP contribution in [0.15, 0.2) is 34.7 Å². The van der Waals surface area contributed by atoms with Crippen LogP contribution in [0.4, 0.5) is 5.82 Å². The molecule has 0 unspecified atom stereocenters. The molecule has 8 heteroatoms. The molecule has 3 N–H and O–H groups in total. The monoisotopic (exact) mass is 305 g/mol. The van der Waals surface area contributed by atoms with E-state index in [1.165, 1.54) is 12.1 Å². The number of nitrogens with zero attached hydrogens (tertiary/aromatic N) is 1. The summed E-state index contributed by atoms with van der Waals surface area (Å²) in [6.07, 6.45) is 0. The molecule has 21 heavy (non-hydrogen) atoms. The van der Waals surface area contributed by atoms with Gasteiger partial charge in [-0.15, -0.1) is 0 Å². The van der Waals surface area contributed by atoms with Gasteiger partial charge in [0.1, 0.15) is 5.52 Å². The summed E-state index contributed by atoms with van der Waals surface area (Å²) in [5.74, 6) is -1.76. The predicted octanol–water partition coefficient (Wildman–Crippen LogP) is 2.76. The van der Waals surface area contributed by atoms with E-state index in [0.29, 0.717) is 16.1 Å². The van der Waals surface area contributed by atoms with Gasteiger partial charge in [0.2, 0.25) is 5.76 Å². The molecule has 1 amide bonds. The van der Waals surface area contributed by atoms with E-state index in [9.17, 15) is 9.59 Å². The number of anilines is 1. The number of nitrogens with one attached hydrogen (secondary N) is 2. The van der Waals surface area contributed by atoms with Crippen molar-refractivity contribution in [3.05, 3.63) is 46.7 Å². The molecule has 2 aromatic heterocycles. The highest BCUT2D eigenvalue weighted by molar-refractivity contribution is 6.31. The van der Waals surface area contributed by atoms with Crippen molar-refractivity contribution in [1.82, 2.24) is 10.2 Å². The fourth-order valence-electron chi connectivity index (χ4n) is 1.82. The molecule has 0 saturated heterocycles. The molecule has 0 fully saturated rings. The summed E-state index contributed by atoms with van der Waals surface area (Å²) in [7, 11) is 0. The second kappa shape index (κ2) is 4.95. The summed E-state index contributed by atoms with van der Waals surface area (Å²) in [6.45, 7) is 0. The van der Waals surface area contributed by atoms with Crippen LogP contribution >= 0.6 is 11.6 Å². The first-order chi connectivity index (χ1) is 10.0. The molecule has 0 aliphatic carbocycles. The van der Waals surface area contributed by atoms with Gasteiger partial charge >= 0.3 is 5.97 Å². The van der Waals surface area contributed by atoms with Crippen LogP contribution in [0.2, 0.25) is 5.02 Å². The number of aromatic nitrogens is 2. The molecule has 0 saturated carbocycles. The number of aromatic carboxylic acids is 1. The highest BCUT2D eigenvalue weighted by Gasteiger charge is 2.18. The summed E-state index contributed by atoms with van der Waals surface area (Å²) in [5, 5.41) is 18.3. The van der Waals surface area contributed by atoms with E-state index in [2.05, 4.69) is 15.5 Å². The summed E-state index contributed by atoms with van der Waals surface area (Å²) < 4.78 is 5.13. The Hall–Kier alpha value is -2.80. The Kier molecular flexibility index (Phi) is 3.11. The smallest absolute Gasteiger partial charge is 0.371 e. The van der Waals surface area contributed by atoms with Crippen molar-refractivity contribution in [2.24, 2.45) is 0 Å². The largest absolute Gasteiger partial charge is 0.475 e. The van der Waals surface area contributed by atoms with Gasteiger partial charge in [-0.05, 0) is 18.2 Å². The van der Waals surface area contributed by atoms with E-state index in [-0.39, 0.29) is 17.2 Å². The van der Waals surface area contributed by atoms with Gasteiger partial charge in [0.15, 0.2) is 11.4 Å². The van der Waals surface area contributed by atoms with E-state index in [1.54, 1.807) is 18.2 Å². The summed E-state index contributed by atoms with van der Waals surface area (Å²) in [6, 6.07) is 7.69. The lowest BCUT2D eigenvalue weighted by atomic mass is 10.2. The zero-order chi connectivity index (χ0) is 15.0. The first kappa shape index (κ1) is 13.2. The molecule has 3 aromatic rings. The molecule has 0 spiro atoms. The number of H-pyrrole nitrogens is 1. The minimum atomic E-state index is -1.20. The number of aromatic amines is 1. The van der Waals surface area contributed by atoms with Crippen LogP contribution in [-0.4, -0.2) is 27.2 Å². The van der Waals surface area contributed by atoms with Gasteiger partial charge in [0.25, 0.3) is 5.91 Å². The van der Waals surface area contributed by atoms with Crippen LogP contribution in [0, 0.1) is 0 Å². The molecule has 106 valence electrons. The minimum absolute atomic E-state index is 0.113. The maximum atomic E-state index is 12.1. The molecule has 3 rings (SSSR count). The first-order valence-corrected chi connectivity index (χ1v) is 6.20. The lowest BCUT2D eigenvalue weighted by molar-refractivity contribution is 0.0665. The Bertz CT molecular complexity index is 852. The molecule has 2 heterocycles. The molecule has 0 aliphatic rings. The van der Waals surface area contributed by atoms with E-state index >= 15 is 0 Å². The minimum Gasteiger partial charge on any atom is -0.475 e. The van der Waals surface area contributed by atoms with Crippen molar-refractivity contribution in [2.45, 2.75) is 0 Å². The van der Waals surface area contributed by atoms with E-state index in [4.69, 9.17) is 21.1 Å².